The van der Waals surface area contributed by atoms with Crippen molar-refractivity contribution >= 4 is 50.7 Å². The van der Waals surface area contributed by atoms with Gasteiger partial charge in [-0.15, -0.1) is 0 Å². The largest absolute Gasteiger partial charge is 0.357 e. The fraction of sp³-hybridized carbons (Fsp3) is 0.259. The summed E-state index contributed by atoms with van der Waals surface area (Å²) in [6.07, 6.45) is 0.778. The van der Waals surface area contributed by atoms with Gasteiger partial charge in [-0.3, -0.25) is 13.9 Å². The van der Waals surface area contributed by atoms with Crippen LogP contribution in [0.3, 0.4) is 0 Å². The van der Waals surface area contributed by atoms with E-state index in [0.29, 0.717) is 21.3 Å². The first-order chi connectivity index (χ1) is 17.6. The van der Waals surface area contributed by atoms with E-state index in [9.17, 15) is 18.0 Å². The molecule has 1 atom stereocenters. The molecule has 0 fully saturated rings. The number of aryl methyl sites for hydroxylation is 1. The summed E-state index contributed by atoms with van der Waals surface area (Å²) in [6, 6.07) is 18.9. The highest BCUT2D eigenvalue weighted by Gasteiger charge is 2.32. The van der Waals surface area contributed by atoms with Crippen molar-refractivity contribution in [1.29, 1.82) is 0 Å². The maximum Gasteiger partial charge on any atom is 0.264 e. The molecule has 37 heavy (non-hydrogen) atoms. The van der Waals surface area contributed by atoms with Crippen molar-refractivity contribution in [1.82, 2.24) is 10.2 Å². The molecule has 3 rings (SSSR count). The van der Waals surface area contributed by atoms with E-state index >= 15 is 0 Å². The van der Waals surface area contributed by atoms with E-state index in [-0.39, 0.29) is 11.4 Å². The van der Waals surface area contributed by atoms with Gasteiger partial charge < -0.3 is 10.2 Å². The van der Waals surface area contributed by atoms with Crippen molar-refractivity contribution in [2.45, 2.75) is 37.8 Å². The van der Waals surface area contributed by atoms with Crippen LogP contribution in [0.25, 0.3) is 0 Å². The van der Waals surface area contributed by atoms with Crippen LogP contribution < -0.4 is 9.62 Å². The number of rotatable bonds is 10. The number of hydrogen-bond donors (Lipinski definition) is 1. The predicted octanol–water partition coefficient (Wildman–Crippen LogP) is 4.91. The standard InChI is InChI=1S/C27H29Cl2N3O4S/c1-4-20-13-15-21(16-14-20)32(37(35,36)22-9-6-5-7-10-22)18-26(33)31(19(2)27(34)30-3)17-23-24(28)11-8-12-25(23)29/h5-16,19H,4,17-18H2,1-3H3,(H,30,34). The van der Waals surface area contributed by atoms with Crippen LogP contribution in [-0.2, 0) is 32.6 Å². The lowest BCUT2D eigenvalue weighted by atomic mass is 10.1. The molecule has 0 aliphatic heterocycles. The molecule has 3 aromatic carbocycles. The van der Waals surface area contributed by atoms with Crippen LogP contribution >= 0.6 is 23.2 Å². The topological polar surface area (TPSA) is 86.8 Å². The number of hydrogen-bond acceptors (Lipinski definition) is 4. The summed E-state index contributed by atoms with van der Waals surface area (Å²) >= 11 is 12.7. The zero-order chi connectivity index (χ0) is 27.2. The Hall–Kier alpha value is -3.07. The highest BCUT2D eigenvalue weighted by atomic mass is 35.5. The highest BCUT2D eigenvalue weighted by Crippen LogP contribution is 2.28. The van der Waals surface area contributed by atoms with Gasteiger partial charge in [0.25, 0.3) is 10.0 Å². The number of benzene rings is 3. The number of anilines is 1. The molecule has 0 spiro atoms. The lowest BCUT2D eigenvalue weighted by Crippen LogP contribution is -2.50. The van der Waals surface area contributed by atoms with Gasteiger partial charge in [-0.05, 0) is 55.3 Å². The second-order valence-corrected chi connectivity index (χ2v) is 11.0. The Morgan fingerprint density at radius 3 is 2.05 bits per heavy atom. The Morgan fingerprint density at radius 2 is 1.51 bits per heavy atom. The molecule has 2 amide bonds. The molecule has 1 unspecified atom stereocenters. The Labute approximate surface area is 228 Å². The molecule has 7 nitrogen and oxygen atoms in total. The van der Waals surface area contributed by atoms with Crippen LogP contribution in [0.15, 0.2) is 77.7 Å². The molecule has 1 N–H and O–H groups in total. The smallest absolute Gasteiger partial charge is 0.264 e. The Bertz CT molecular complexity index is 1330. The number of carbonyl (C=O) groups excluding carboxylic acids is 2. The molecule has 0 radical (unpaired) electrons. The van der Waals surface area contributed by atoms with Gasteiger partial charge in [-0.1, -0.05) is 66.5 Å². The zero-order valence-electron chi connectivity index (χ0n) is 20.8. The van der Waals surface area contributed by atoms with Crippen molar-refractivity contribution in [3.05, 3.63) is 94.0 Å². The summed E-state index contributed by atoms with van der Waals surface area (Å²) in [5.74, 6) is -1.01. The van der Waals surface area contributed by atoms with E-state index in [2.05, 4.69) is 5.32 Å². The number of nitrogens with one attached hydrogen (secondary N) is 1. The molecule has 10 heteroatoms. The first-order valence-corrected chi connectivity index (χ1v) is 13.9. The summed E-state index contributed by atoms with van der Waals surface area (Å²) in [6.45, 7) is 2.94. The number of halogens is 2. The third-order valence-corrected chi connectivity index (χ3v) is 8.54. The number of amides is 2. The van der Waals surface area contributed by atoms with E-state index in [0.717, 1.165) is 16.3 Å². The van der Waals surface area contributed by atoms with Crippen molar-refractivity contribution in [2.24, 2.45) is 0 Å². The van der Waals surface area contributed by atoms with Crippen LogP contribution in [0.1, 0.15) is 25.0 Å². The molecule has 0 saturated heterocycles. The third kappa shape index (κ3) is 6.63. The van der Waals surface area contributed by atoms with E-state index in [1.165, 1.54) is 24.1 Å². The number of sulfonamides is 1. The van der Waals surface area contributed by atoms with Crippen LogP contribution in [0, 0.1) is 0 Å². The van der Waals surface area contributed by atoms with E-state index in [4.69, 9.17) is 23.2 Å². The van der Waals surface area contributed by atoms with Crippen molar-refractivity contribution in [2.75, 3.05) is 17.9 Å². The van der Waals surface area contributed by atoms with Gasteiger partial charge in [0.05, 0.1) is 10.6 Å². The van der Waals surface area contributed by atoms with Crippen molar-refractivity contribution in [3.63, 3.8) is 0 Å². The lowest BCUT2D eigenvalue weighted by Gasteiger charge is -2.32. The fourth-order valence-electron chi connectivity index (χ4n) is 3.79. The quantitative estimate of drug-likeness (QED) is 0.380. The van der Waals surface area contributed by atoms with Crippen molar-refractivity contribution < 1.29 is 18.0 Å². The summed E-state index contributed by atoms with van der Waals surface area (Å²) in [5, 5.41) is 3.20. The summed E-state index contributed by atoms with van der Waals surface area (Å²) in [4.78, 5) is 27.7. The minimum Gasteiger partial charge on any atom is -0.357 e. The Kier molecular flexibility index (Phi) is 9.59. The fourth-order valence-corrected chi connectivity index (χ4v) is 5.74. The van der Waals surface area contributed by atoms with Crippen LogP contribution in [-0.4, -0.2) is 44.8 Å². The second-order valence-electron chi connectivity index (χ2n) is 8.36. The number of nitrogens with zero attached hydrogens (tertiary/aromatic N) is 2. The van der Waals surface area contributed by atoms with Crippen LogP contribution in [0.5, 0.6) is 0 Å². The molecule has 0 bridgehead atoms. The van der Waals surface area contributed by atoms with Gasteiger partial charge in [0.2, 0.25) is 11.8 Å². The lowest BCUT2D eigenvalue weighted by molar-refractivity contribution is -0.139. The number of carbonyl (C=O) groups is 2. The average molecular weight is 563 g/mol. The molecule has 0 heterocycles. The normalized spacial score (nSPS) is 12.0. The monoisotopic (exact) mass is 561 g/mol. The summed E-state index contributed by atoms with van der Waals surface area (Å²) < 4.78 is 28.5. The van der Waals surface area contributed by atoms with Crippen LogP contribution in [0.2, 0.25) is 10.0 Å². The minimum absolute atomic E-state index is 0.0439. The third-order valence-electron chi connectivity index (χ3n) is 6.05. The van der Waals surface area contributed by atoms with E-state index < -0.39 is 34.4 Å². The predicted molar refractivity (Wildman–Crippen MR) is 147 cm³/mol. The zero-order valence-corrected chi connectivity index (χ0v) is 23.1. The SMILES string of the molecule is CCc1ccc(N(CC(=O)N(Cc2c(Cl)cccc2Cl)C(C)C(=O)NC)S(=O)(=O)c2ccccc2)cc1. The Balaban J connectivity index is 2.05. The Morgan fingerprint density at radius 1 is 0.919 bits per heavy atom. The molecule has 0 aliphatic carbocycles. The molecule has 0 aliphatic rings. The van der Waals surface area contributed by atoms with Crippen LogP contribution in [0.4, 0.5) is 5.69 Å². The molecule has 196 valence electrons. The molecular weight excluding hydrogens is 533 g/mol. The first kappa shape index (κ1) is 28.5. The van der Waals surface area contributed by atoms with Gasteiger partial charge in [0.15, 0.2) is 0 Å². The van der Waals surface area contributed by atoms with E-state index in [1.807, 2.05) is 19.1 Å². The van der Waals surface area contributed by atoms with Gasteiger partial charge in [0.1, 0.15) is 12.6 Å². The number of likely N-dealkylation sites (N-methyl/N-ethyl adjacent to an activating group) is 1. The maximum absolute atomic E-state index is 13.8. The summed E-state index contributed by atoms with van der Waals surface area (Å²) in [7, 11) is -2.65. The molecule has 0 aromatic heterocycles. The van der Waals surface area contributed by atoms with Gasteiger partial charge in [-0.2, -0.15) is 0 Å². The molecule has 3 aromatic rings. The molecular formula is C27H29Cl2N3O4S. The minimum atomic E-state index is -4.11. The summed E-state index contributed by atoms with van der Waals surface area (Å²) in [5.41, 5.74) is 1.81. The second kappa shape index (κ2) is 12.4. The first-order valence-electron chi connectivity index (χ1n) is 11.7. The van der Waals surface area contributed by atoms with Crippen molar-refractivity contribution in [3.8, 4) is 0 Å². The average Bonchev–Trinajstić information content (AvgIpc) is 2.91. The highest BCUT2D eigenvalue weighted by molar-refractivity contribution is 7.92. The molecule has 0 saturated carbocycles. The van der Waals surface area contributed by atoms with E-state index in [1.54, 1.807) is 55.5 Å². The maximum atomic E-state index is 13.8. The van der Waals surface area contributed by atoms with Gasteiger partial charge >= 0.3 is 0 Å². The van der Waals surface area contributed by atoms with Gasteiger partial charge in [0, 0.05) is 29.2 Å². The van der Waals surface area contributed by atoms with Gasteiger partial charge in [-0.25, -0.2) is 8.42 Å².